The number of benzene rings is 2. The summed E-state index contributed by atoms with van der Waals surface area (Å²) in [6.07, 6.45) is -3.67. The van der Waals surface area contributed by atoms with Crippen LogP contribution in [0.5, 0.6) is 0 Å². The number of carbonyl (C=O) groups is 1. The zero-order valence-corrected chi connectivity index (χ0v) is 18.4. The average molecular weight is 466 g/mol. The molecule has 31 heavy (non-hydrogen) atoms. The lowest BCUT2D eigenvalue weighted by Crippen LogP contribution is -2.38. The fraction of sp³-hybridized carbons (Fsp3) is 0.364. The monoisotopic (exact) mass is 465 g/mol. The number of thioether (sulfide) groups is 1. The van der Waals surface area contributed by atoms with E-state index in [0.29, 0.717) is 31.6 Å². The summed E-state index contributed by atoms with van der Waals surface area (Å²) >= 11 is 3.33. The Hall–Kier alpha value is -2.10. The molecule has 0 spiro atoms. The molecule has 1 saturated heterocycles. The van der Waals surface area contributed by atoms with Crippen molar-refractivity contribution < 1.29 is 18.0 Å². The summed E-state index contributed by atoms with van der Waals surface area (Å²) in [5.74, 6) is 0.629. The highest BCUT2D eigenvalue weighted by atomic mass is 32.2. The van der Waals surface area contributed by atoms with Crippen LogP contribution in [-0.4, -0.2) is 59.6 Å². The fourth-order valence-corrected chi connectivity index (χ4v) is 5.59. The summed E-state index contributed by atoms with van der Waals surface area (Å²) in [5, 5.41) is 0. The molecular formula is C22H22F3N3OS2. The van der Waals surface area contributed by atoms with Crippen LogP contribution < -0.4 is 0 Å². The Morgan fingerprint density at radius 3 is 2.55 bits per heavy atom. The van der Waals surface area contributed by atoms with E-state index in [0.717, 1.165) is 25.9 Å². The van der Waals surface area contributed by atoms with E-state index < -0.39 is 12.7 Å². The molecule has 0 atom stereocenters. The fourth-order valence-electron chi connectivity index (χ4n) is 3.57. The molecule has 1 aromatic heterocycles. The maximum atomic E-state index is 12.8. The molecule has 1 aliphatic rings. The SMILES string of the molecule is O=C(c1ccc(CSc2nc3ccccc3s2)cc1)N1CCCN(CC(F)(F)F)CC1. The third-order valence-corrected chi connectivity index (χ3v) is 7.37. The number of fused-ring (bicyclic) bond motifs is 1. The van der Waals surface area contributed by atoms with Gasteiger partial charge in [0.25, 0.3) is 5.91 Å². The third-order valence-electron chi connectivity index (χ3n) is 5.12. The van der Waals surface area contributed by atoms with Crippen LogP contribution >= 0.6 is 23.1 Å². The van der Waals surface area contributed by atoms with Gasteiger partial charge in [0.05, 0.1) is 16.8 Å². The highest BCUT2D eigenvalue weighted by Gasteiger charge is 2.32. The van der Waals surface area contributed by atoms with E-state index in [2.05, 4.69) is 11.1 Å². The van der Waals surface area contributed by atoms with E-state index in [-0.39, 0.29) is 12.5 Å². The normalized spacial score (nSPS) is 15.9. The molecule has 1 fully saturated rings. The van der Waals surface area contributed by atoms with E-state index in [1.54, 1.807) is 40.1 Å². The number of alkyl halides is 3. The van der Waals surface area contributed by atoms with Gasteiger partial charge < -0.3 is 4.90 Å². The maximum Gasteiger partial charge on any atom is 0.401 e. The van der Waals surface area contributed by atoms with Crippen molar-refractivity contribution in [1.82, 2.24) is 14.8 Å². The second-order valence-electron chi connectivity index (χ2n) is 7.47. The summed E-state index contributed by atoms with van der Waals surface area (Å²) in [7, 11) is 0. The van der Waals surface area contributed by atoms with Crippen molar-refractivity contribution in [3.05, 3.63) is 59.7 Å². The van der Waals surface area contributed by atoms with Crippen LogP contribution in [-0.2, 0) is 5.75 Å². The number of rotatable bonds is 5. The highest BCUT2D eigenvalue weighted by Crippen LogP contribution is 2.31. The minimum absolute atomic E-state index is 0.126. The minimum Gasteiger partial charge on any atom is -0.337 e. The Morgan fingerprint density at radius 2 is 1.81 bits per heavy atom. The Bertz CT molecular complexity index is 1000. The number of halogens is 3. The topological polar surface area (TPSA) is 36.4 Å². The molecule has 1 aliphatic heterocycles. The molecule has 164 valence electrons. The number of carbonyl (C=O) groups excluding carboxylic acids is 1. The number of hydrogen-bond acceptors (Lipinski definition) is 5. The zero-order chi connectivity index (χ0) is 21.8. The molecule has 0 radical (unpaired) electrons. The van der Waals surface area contributed by atoms with Crippen molar-refractivity contribution in [2.45, 2.75) is 22.7 Å². The van der Waals surface area contributed by atoms with Crippen molar-refractivity contribution >= 4 is 39.2 Å². The second kappa shape index (κ2) is 9.58. The van der Waals surface area contributed by atoms with E-state index in [1.165, 1.54) is 4.90 Å². The number of para-hydroxylation sites is 1. The van der Waals surface area contributed by atoms with E-state index in [9.17, 15) is 18.0 Å². The molecule has 2 aromatic carbocycles. The first kappa shape index (κ1) is 22.1. The Morgan fingerprint density at radius 1 is 1.03 bits per heavy atom. The van der Waals surface area contributed by atoms with Crippen LogP contribution in [0.4, 0.5) is 13.2 Å². The summed E-state index contributed by atoms with van der Waals surface area (Å²) < 4.78 is 40.1. The van der Waals surface area contributed by atoms with Gasteiger partial charge in [-0.3, -0.25) is 9.69 Å². The van der Waals surface area contributed by atoms with Crippen LogP contribution in [0.2, 0.25) is 0 Å². The standard InChI is InChI=1S/C22H22F3N3OS2/c23-22(24,25)15-27-10-3-11-28(13-12-27)20(29)17-8-6-16(7-9-17)14-30-21-26-18-4-1-2-5-19(18)31-21/h1-2,4-9H,3,10-15H2. The van der Waals surface area contributed by atoms with Gasteiger partial charge in [0.15, 0.2) is 4.34 Å². The molecule has 3 aromatic rings. The van der Waals surface area contributed by atoms with Crippen LogP contribution in [0.25, 0.3) is 10.2 Å². The number of hydrogen-bond donors (Lipinski definition) is 0. The first-order valence-electron chi connectivity index (χ1n) is 10.0. The lowest BCUT2D eigenvalue weighted by molar-refractivity contribution is -0.145. The third kappa shape index (κ3) is 5.99. The lowest BCUT2D eigenvalue weighted by Gasteiger charge is -2.23. The molecule has 4 rings (SSSR count). The van der Waals surface area contributed by atoms with Gasteiger partial charge in [-0.2, -0.15) is 13.2 Å². The molecule has 0 saturated carbocycles. The van der Waals surface area contributed by atoms with Crippen molar-refractivity contribution in [3.8, 4) is 0 Å². The van der Waals surface area contributed by atoms with Crippen molar-refractivity contribution in [3.63, 3.8) is 0 Å². The van der Waals surface area contributed by atoms with Crippen molar-refractivity contribution in [2.75, 3.05) is 32.7 Å². The molecule has 0 unspecified atom stereocenters. The first-order chi connectivity index (χ1) is 14.9. The average Bonchev–Trinajstić information content (AvgIpc) is 3.03. The van der Waals surface area contributed by atoms with Crippen LogP contribution in [0, 0.1) is 0 Å². The van der Waals surface area contributed by atoms with Gasteiger partial charge in [-0.25, -0.2) is 4.98 Å². The van der Waals surface area contributed by atoms with Gasteiger partial charge in [-0.15, -0.1) is 11.3 Å². The molecule has 4 nitrogen and oxygen atoms in total. The molecule has 0 bridgehead atoms. The van der Waals surface area contributed by atoms with E-state index >= 15 is 0 Å². The van der Waals surface area contributed by atoms with Gasteiger partial charge in [-0.05, 0) is 36.2 Å². The van der Waals surface area contributed by atoms with Gasteiger partial charge >= 0.3 is 6.18 Å². The lowest BCUT2D eigenvalue weighted by atomic mass is 10.1. The molecule has 9 heteroatoms. The predicted octanol–water partition coefficient (Wildman–Crippen LogP) is 5.30. The van der Waals surface area contributed by atoms with E-state index in [1.807, 2.05) is 30.3 Å². The first-order valence-corrected chi connectivity index (χ1v) is 11.8. The van der Waals surface area contributed by atoms with Crippen molar-refractivity contribution in [2.24, 2.45) is 0 Å². The molecule has 2 heterocycles. The molecular weight excluding hydrogens is 443 g/mol. The van der Waals surface area contributed by atoms with Gasteiger partial charge in [0.2, 0.25) is 0 Å². The summed E-state index contributed by atoms with van der Waals surface area (Å²) in [6.45, 7) is 0.454. The molecule has 0 N–H and O–H groups in total. The van der Waals surface area contributed by atoms with Crippen LogP contribution in [0.3, 0.4) is 0 Å². The number of nitrogens with zero attached hydrogens (tertiary/aromatic N) is 3. The Kier molecular flexibility index (Phi) is 6.83. The summed E-state index contributed by atoms with van der Waals surface area (Å²) in [4.78, 5) is 20.4. The second-order valence-corrected chi connectivity index (χ2v) is 9.72. The number of amides is 1. The summed E-state index contributed by atoms with van der Waals surface area (Å²) in [5.41, 5.74) is 2.66. The maximum absolute atomic E-state index is 12.8. The smallest absolute Gasteiger partial charge is 0.337 e. The van der Waals surface area contributed by atoms with Gasteiger partial charge in [-0.1, -0.05) is 36.0 Å². The highest BCUT2D eigenvalue weighted by molar-refractivity contribution is 8.00. The quantitative estimate of drug-likeness (QED) is 0.479. The molecule has 0 aliphatic carbocycles. The van der Waals surface area contributed by atoms with Crippen LogP contribution in [0.1, 0.15) is 22.3 Å². The zero-order valence-electron chi connectivity index (χ0n) is 16.8. The summed E-state index contributed by atoms with van der Waals surface area (Å²) in [6, 6.07) is 15.5. The predicted molar refractivity (Wildman–Crippen MR) is 119 cm³/mol. The molecule has 1 amide bonds. The van der Waals surface area contributed by atoms with E-state index in [4.69, 9.17) is 0 Å². The number of thiazole rings is 1. The largest absolute Gasteiger partial charge is 0.401 e. The van der Waals surface area contributed by atoms with Gasteiger partial charge in [0.1, 0.15) is 0 Å². The minimum atomic E-state index is -4.21. The van der Waals surface area contributed by atoms with Crippen LogP contribution in [0.15, 0.2) is 52.9 Å². The Labute approximate surface area is 187 Å². The number of aromatic nitrogens is 1. The Balaban J connectivity index is 1.32. The van der Waals surface area contributed by atoms with Crippen molar-refractivity contribution in [1.29, 1.82) is 0 Å². The van der Waals surface area contributed by atoms with Gasteiger partial charge in [0, 0.05) is 37.5 Å².